The number of aliphatic hydroxyl groups is 1. The lowest BCUT2D eigenvalue weighted by Gasteiger charge is -2.24. The molecule has 0 aliphatic heterocycles. The van der Waals surface area contributed by atoms with Crippen LogP contribution in [0.1, 0.15) is 38.7 Å². The molecule has 216 valence electrons. The fourth-order valence-corrected chi connectivity index (χ4v) is 3.51. The van der Waals surface area contributed by atoms with Gasteiger partial charge in [-0.1, -0.05) is 44.2 Å². The van der Waals surface area contributed by atoms with Crippen LogP contribution >= 0.6 is 12.4 Å². The number of aromatic amines is 1. The van der Waals surface area contributed by atoms with Gasteiger partial charge in [-0.25, -0.2) is 4.79 Å². The van der Waals surface area contributed by atoms with Gasteiger partial charge < -0.3 is 26.2 Å². The number of nitrogens with one attached hydrogen (secondary N) is 3. The maximum absolute atomic E-state index is 13.3. The van der Waals surface area contributed by atoms with E-state index in [1.54, 1.807) is 4.98 Å². The molecule has 0 saturated heterocycles. The summed E-state index contributed by atoms with van der Waals surface area (Å²) < 4.78 is 18.8. The minimum atomic E-state index is -1.52. The number of hydrogen-bond donors (Lipinski definition) is 5. The average Bonchev–Trinajstić information content (AvgIpc) is 2.87. The Bertz CT molecular complexity index is 1210. The summed E-state index contributed by atoms with van der Waals surface area (Å²) in [5.74, 6) is -3.10. The molecule has 2 amide bonds. The maximum Gasteiger partial charge on any atom is 0.331 e. The quantitative estimate of drug-likeness (QED) is 0.154. The lowest BCUT2D eigenvalue weighted by atomic mass is 9.99. The number of nitrogens with zero attached hydrogens (tertiary/aromatic N) is 1. The number of esters is 1. The van der Waals surface area contributed by atoms with Crippen molar-refractivity contribution in [3.8, 4) is 0 Å². The van der Waals surface area contributed by atoms with Crippen LogP contribution in [0.2, 0.25) is 0 Å². The number of hydrogen-bond acceptors (Lipinski definition) is 8. The van der Waals surface area contributed by atoms with E-state index in [2.05, 4.69) is 10.6 Å². The molecule has 0 fully saturated rings. The molecule has 1 aromatic heterocycles. The van der Waals surface area contributed by atoms with Gasteiger partial charge in [-0.2, -0.15) is 4.39 Å². The van der Waals surface area contributed by atoms with Crippen LogP contribution in [0.4, 0.5) is 4.39 Å². The van der Waals surface area contributed by atoms with E-state index < -0.39 is 59.8 Å². The molecule has 1 heterocycles. The number of carbonyl (C=O) groups excluding carboxylic acids is 3. The van der Waals surface area contributed by atoms with E-state index in [1.807, 2.05) is 44.2 Å². The van der Waals surface area contributed by atoms with Gasteiger partial charge in [-0.15, -0.1) is 12.4 Å². The predicted octanol–water partition coefficient (Wildman–Crippen LogP) is -0.0436. The number of rotatable bonds is 14. The summed E-state index contributed by atoms with van der Waals surface area (Å²) in [4.78, 5) is 61.5. The number of H-pyrrole nitrogens is 1. The summed E-state index contributed by atoms with van der Waals surface area (Å²) in [6, 6.07) is 7.37. The Morgan fingerprint density at radius 3 is 2.46 bits per heavy atom. The standard InChI is InChI=1S/C25H34FN5O7.ClH/c1-15(2)11-19(29-24(36)21(33)18(27)12-16-7-4-3-5-8-16)23(35)28-10-6-9-20(32)38-14-31-13-17(26)22(34)30-25(31)37;/h3-5,7-8,13,15,18-19,21,33H,6,9-12,14,27H2,1-2H3,(H,28,35)(H,29,36)(H,30,34,37);1H/t18-,19+,21+;/m1./s1. The van der Waals surface area contributed by atoms with Crippen molar-refractivity contribution in [2.24, 2.45) is 11.7 Å². The van der Waals surface area contributed by atoms with Crippen LogP contribution in [0.25, 0.3) is 0 Å². The van der Waals surface area contributed by atoms with Crippen molar-refractivity contribution in [3.63, 3.8) is 0 Å². The third-order valence-corrected chi connectivity index (χ3v) is 5.52. The number of benzene rings is 1. The number of aromatic nitrogens is 2. The van der Waals surface area contributed by atoms with Crippen molar-refractivity contribution in [1.82, 2.24) is 20.2 Å². The van der Waals surface area contributed by atoms with Crippen molar-refractivity contribution in [1.29, 1.82) is 0 Å². The minimum Gasteiger partial charge on any atom is -0.444 e. The van der Waals surface area contributed by atoms with Crippen molar-refractivity contribution in [2.45, 2.75) is 64.4 Å². The van der Waals surface area contributed by atoms with E-state index in [4.69, 9.17) is 10.5 Å². The van der Waals surface area contributed by atoms with E-state index in [9.17, 15) is 33.5 Å². The second kappa shape index (κ2) is 16.4. The second-order valence-corrected chi connectivity index (χ2v) is 9.24. The molecule has 2 aromatic rings. The van der Waals surface area contributed by atoms with Crippen LogP contribution in [0.5, 0.6) is 0 Å². The first kappa shape index (κ1) is 33.5. The molecule has 0 aliphatic carbocycles. The number of carbonyl (C=O) groups is 3. The Morgan fingerprint density at radius 1 is 1.15 bits per heavy atom. The van der Waals surface area contributed by atoms with Crippen LogP contribution < -0.4 is 27.6 Å². The summed E-state index contributed by atoms with van der Waals surface area (Å²) in [5, 5.41) is 15.6. The van der Waals surface area contributed by atoms with Crippen molar-refractivity contribution in [3.05, 3.63) is 68.7 Å². The zero-order valence-corrected chi connectivity index (χ0v) is 22.5. The van der Waals surface area contributed by atoms with Crippen LogP contribution in [-0.4, -0.2) is 57.2 Å². The van der Waals surface area contributed by atoms with Gasteiger partial charge in [0, 0.05) is 19.0 Å². The van der Waals surface area contributed by atoms with Crippen LogP contribution in [0, 0.1) is 11.7 Å². The lowest BCUT2D eigenvalue weighted by molar-refractivity contribution is -0.147. The highest BCUT2D eigenvalue weighted by molar-refractivity contribution is 5.89. The maximum atomic E-state index is 13.3. The summed E-state index contributed by atoms with van der Waals surface area (Å²) in [7, 11) is 0. The second-order valence-electron chi connectivity index (χ2n) is 9.24. The zero-order chi connectivity index (χ0) is 28.2. The summed E-state index contributed by atoms with van der Waals surface area (Å²) in [6.07, 6.45) is -0.232. The summed E-state index contributed by atoms with van der Waals surface area (Å²) in [6.45, 7) is 3.25. The first-order chi connectivity index (χ1) is 18.0. The molecule has 0 aliphatic rings. The molecule has 0 spiro atoms. The first-order valence-corrected chi connectivity index (χ1v) is 12.2. The zero-order valence-electron chi connectivity index (χ0n) is 21.7. The van der Waals surface area contributed by atoms with Gasteiger partial charge in [0.15, 0.2) is 6.73 Å². The van der Waals surface area contributed by atoms with Gasteiger partial charge in [0.2, 0.25) is 11.7 Å². The lowest BCUT2D eigenvalue weighted by Crippen LogP contribution is -2.54. The molecule has 0 radical (unpaired) electrons. The fraction of sp³-hybridized carbons (Fsp3) is 0.480. The average molecular weight is 572 g/mol. The molecule has 0 bridgehead atoms. The van der Waals surface area contributed by atoms with Gasteiger partial charge in [0.1, 0.15) is 12.1 Å². The van der Waals surface area contributed by atoms with Gasteiger partial charge in [-0.3, -0.25) is 28.7 Å². The monoisotopic (exact) mass is 571 g/mol. The Hall–Kier alpha value is -3.55. The summed E-state index contributed by atoms with van der Waals surface area (Å²) in [5.41, 5.74) is 4.76. The highest BCUT2D eigenvalue weighted by Gasteiger charge is 2.28. The number of halogens is 2. The molecule has 39 heavy (non-hydrogen) atoms. The van der Waals surface area contributed by atoms with Crippen LogP contribution in [-0.2, 0) is 32.3 Å². The Morgan fingerprint density at radius 2 is 1.82 bits per heavy atom. The Labute approximate surface area is 230 Å². The van der Waals surface area contributed by atoms with E-state index in [-0.39, 0.29) is 44.1 Å². The Balaban J connectivity index is 0.00000760. The Kier molecular flexibility index (Phi) is 14.1. The fourth-order valence-electron chi connectivity index (χ4n) is 3.51. The molecule has 0 saturated carbocycles. The molecule has 1 aromatic carbocycles. The normalized spacial score (nSPS) is 13.1. The van der Waals surface area contributed by atoms with Gasteiger partial charge >= 0.3 is 11.7 Å². The minimum absolute atomic E-state index is 0. The van der Waals surface area contributed by atoms with Crippen molar-refractivity contribution in [2.75, 3.05) is 6.54 Å². The van der Waals surface area contributed by atoms with Gasteiger partial charge in [-0.05, 0) is 30.7 Å². The highest BCUT2D eigenvalue weighted by atomic mass is 35.5. The molecule has 2 rings (SSSR count). The smallest absolute Gasteiger partial charge is 0.331 e. The molecule has 14 heteroatoms. The number of aliphatic hydroxyl groups excluding tert-OH is 1. The summed E-state index contributed by atoms with van der Waals surface area (Å²) >= 11 is 0. The SMILES string of the molecule is CC(C)C[C@H](NC(=O)[C@@H](O)[C@H](N)Cc1ccccc1)C(=O)NCCCC(=O)OCn1cc(F)c(=O)[nH]c1=O.Cl. The highest BCUT2D eigenvalue weighted by Crippen LogP contribution is 2.08. The number of ether oxygens (including phenoxy) is 1. The van der Waals surface area contributed by atoms with E-state index in [0.29, 0.717) is 17.2 Å². The topological polar surface area (TPSA) is 186 Å². The molecule has 12 nitrogen and oxygen atoms in total. The van der Waals surface area contributed by atoms with Crippen molar-refractivity contribution < 1.29 is 28.6 Å². The van der Waals surface area contributed by atoms with Crippen LogP contribution in [0.15, 0.2) is 46.1 Å². The third kappa shape index (κ3) is 11.4. The molecule has 3 atom stereocenters. The molecular formula is C25H35ClFN5O7. The van der Waals surface area contributed by atoms with E-state index in [1.165, 1.54) is 0 Å². The number of amides is 2. The predicted molar refractivity (Wildman–Crippen MR) is 142 cm³/mol. The molecule has 6 N–H and O–H groups in total. The number of nitrogens with two attached hydrogens (primary N) is 1. The van der Waals surface area contributed by atoms with Gasteiger partial charge in [0.05, 0.1) is 6.20 Å². The van der Waals surface area contributed by atoms with Crippen LogP contribution in [0.3, 0.4) is 0 Å². The third-order valence-electron chi connectivity index (χ3n) is 5.52. The van der Waals surface area contributed by atoms with Crippen molar-refractivity contribution >= 4 is 30.2 Å². The van der Waals surface area contributed by atoms with E-state index >= 15 is 0 Å². The molecular weight excluding hydrogens is 537 g/mol. The van der Waals surface area contributed by atoms with Gasteiger partial charge in [0.25, 0.3) is 11.5 Å². The molecule has 0 unspecified atom stereocenters. The first-order valence-electron chi connectivity index (χ1n) is 12.2. The largest absolute Gasteiger partial charge is 0.444 e. The van der Waals surface area contributed by atoms with E-state index in [0.717, 1.165) is 5.56 Å².